The highest BCUT2D eigenvalue weighted by Gasteiger charge is 2.30. The fourth-order valence-electron chi connectivity index (χ4n) is 3.98. The number of thiazole rings is 1. The topological polar surface area (TPSA) is 68.1 Å². The first-order chi connectivity index (χ1) is 13.5. The van der Waals surface area contributed by atoms with Crippen molar-refractivity contribution < 1.29 is 8.42 Å². The molecule has 8 heteroatoms. The molecule has 0 aliphatic carbocycles. The summed E-state index contributed by atoms with van der Waals surface area (Å²) in [7, 11) is -1.48. The molecule has 28 heavy (non-hydrogen) atoms. The lowest BCUT2D eigenvalue weighted by molar-refractivity contribution is 0.319. The molecule has 4 aromatic rings. The minimum atomic E-state index is -3.47. The number of rotatable bonds is 3. The minimum Gasteiger partial charge on any atom is -0.334 e. The van der Waals surface area contributed by atoms with Gasteiger partial charge in [0, 0.05) is 20.1 Å². The van der Waals surface area contributed by atoms with Crippen LogP contribution in [0.1, 0.15) is 24.3 Å². The number of fused-ring (bicyclic) bond motifs is 2. The molecule has 0 spiro atoms. The minimum absolute atomic E-state index is 0.359. The molecule has 0 unspecified atom stereocenters. The largest absolute Gasteiger partial charge is 0.334 e. The lowest BCUT2D eigenvalue weighted by atomic mass is 9.90. The van der Waals surface area contributed by atoms with Crippen molar-refractivity contribution in [3.05, 3.63) is 53.8 Å². The molecule has 3 heterocycles. The van der Waals surface area contributed by atoms with Gasteiger partial charge in [-0.2, -0.15) is 4.31 Å². The average molecular weight is 413 g/mol. The number of hydrogen-bond donors (Lipinski definition) is 0. The second-order valence-corrected chi connectivity index (χ2v) is 10.1. The monoisotopic (exact) mass is 412 g/mol. The van der Waals surface area contributed by atoms with Gasteiger partial charge in [-0.1, -0.05) is 6.07 Å². The van der Waals surface area contributed by atoms with Gasteiger partial charge in [0.2, 0.25) is 10.0 Å². The number of piperidine rings is 1. The third-order valence-electron chi connectivity index (χ3n) is 5.62. The summed E-state index contributed by atoms with van der Waals surface area (Å²) in [5, 5.41) is 0. The summed E-state index contributed by atoms with van der Waals surface area (Å²) in [5.41, 5.74) is 5.93. The van der Waals surface area contributed by atoms with Crippen LogP contribution in [0.15, 0.2) is 53.1 Å². The van der Waals surface area contributed by atoms with Gasteiger partial charge in [0.1, 0.15) is 0 Å². The second-order valence-electron chi connectivity index (χ2n) is 7.26. The fourth-order valence-corrected chi connectivity index (χ4v) is 6.27. The van der Waals surface area contributed by atoms with E-state index in [0.717, 1.165) is 34.1 Å². The number of benzene rings is 2. The predicted octanol–water partition coefficient (Wildman–Crippen LogP) is 3.75. The Morgan fingerprint density at radius 1 is 1.04 bits per heavy atom. The van der Waals surface area contributed by atoms with Crippen LogP contribution in [0, 0.1) is 0 Å². The normalized spacial score (nSPS) is 16.9. The van der Waals surface area contributed by atoms with Crippen molar-refractivity contribution in [2.45, 2.75) is 23.7 Å². The van der Waals surface area contributed by atoms with Crippen molar-refractivity contribution in [1.82, 2.24) is 18.8 Å². The highest BCUT2D eigenvalue weighted by Crippen LogP contribution is 2.32. The van der Waals surface area contributed by atoms with Crippen molar-refractivity contribution in [1.29, 1.82) is 0 Å². The van der Waals surface area contributed by atoms with Gasteiger partial charge in [-0.25, -0.2) is 18.4 Å². The summed E-state index contributed by atoms with van der Waals surface area (Å²) in [5.74, 6) is 0.363. The molecule has 0 radical (unpaired) electrons. The van der Waals surface area contributed by atoms with Crippen molar-refractivity contribution in [2.75, 3.05) is 13.1 Å². The molecule has 0 amide bonds. The van der Waals surface area contributed by atoms with Gasteiger partial charge in [0.15, 0.2) is 0 Å². The number of nitrogens with zero attached hydrogens (tertiary/aromatic N) is 4. The molecule has 0 N–H and O–H groups in total. The molecule has 2 aromatic carbocycles. The maximum Gasteiger partial charge on any atom is 0.243 e. The predicted molar refractivity (Wildman–Crippen MR) is 111 cm³/mol. The van der Waals surface area contributed by atoms with Gasteiger partial charge < -0.3 is 4.57 Å². The molecular weight excluding hydrogens is 392 g/mol. The van der Waals surface area contributed by atoms with Crippen LogP contribution in [0.3, 0.4) is 0 Å². The Labute approximate surface area is 167 Å². The molecule has 0 bridgehead atoms. The molecule has 2 aromatic heterocycles. The van der Waals surface area contributed by atoms with E-state index in [4.69, 9.17) is 0 Å². The third-order valence-corrected chi connectivity index (χ3v) is 8.30. The van der Waals surface area contributed by atoms with E-state index in [1.165, 1.54) is 16.9 Å². The zero-order valence-corrected chi connectivity index (χ0v) is 17.1. The summed E-state index contributed by atoms with van der Waals surface area (Å²) in [6, 6.07) is 11.6. The van der Waals surface area contributed by atoms with Crippen molar-refractivity contribution in [3.8, 4) is 0 Å². The zero-order chi connectivity index (χ0) is 19.3. The summed E-state index contributed by atoms with van der Waals surface area (Å²) in [4.78, 5) is 9.02. The molecule has 1 saturated heterocycles. The molecule has 1 aliphatic rings. The van der Waals surface area contributed by atoms with E-state index in [9.17, 15) is 8.42 Å². The number of hydrogen-bond acceptors (Lipinski definition) is 5. The molecule has 5 rings (SSSR count). The second kappa shape index (κ2) is 6.65. The zero-order valence-electron chi connectivity index (χ0n) is 15.4. The van der Waals surface area contributed by atoms with Crippen LogP contribution < -0.4 is 0 Å². The molecule has 6 nitrogen and oxygen atoms in total. The smallest absolute Gasteiger partial charge is 0.243 e. The van der Waals surface area contributed by atoms with Crippen LogP contribution in [0.5, 0.6) is 0 Å². The van der Waals surface area contributed by atoms with E-state index in [1.807, 2.05) is 17.9 Å². The van der Waals surface area contributed by atoms with E-state index < -0.39 is 10.0 Å². The number of aromatic nitrogens is 3. The van der Waals surface area contributed by atoms with E-state index >= 15 is 0 Å². The van der Waals surface area contributed by atoms with E-state index in [0.29, 0.717) is 23.9 Å². The van der Waals surface area contributed by atoms with Crippen LogP contribution in [0.2, 0.25) is 0 Å². The quantitative estimate of drug-likeness (QED) is 0.514. The van der Waals surface area contributed by atoms with Gasteiger partial charge in [0.25, 0.3) is 0 Å². The average Bonchev–Trinajstić information content (AvgIpc) is 3.34. The summed E-state index contributed by atoms with van der Waals surface area (Å²) >= 11 is 1.46. The Balaban J connectivity index is 1.35. The lowest BCUT2D eigenvalue weighted by Crippen LogP contribution is -2.37. The number of sulfonamides is 1. The standard InChI is InChI=1S/C20H20N4O2S2/c1-23-12-21-18-10-15(2-5-19(18)23)14-6-8-24(9-7-14)28(25,26)16-3-4-17-20(11-16)27-13-22-17/h2-5,10-14H,6-9H2,1H3. The van der Waals surface area contributed by atoms with Crippen molar-refractivity contribution >= 4 is 42.6 Å². The molecule has 0 saturated carbocycles. The van der Waals surface area contributed by atoms with Gasteiger partial charge in [0.05, 0.1) is 38.0 Å². The van der Waals surface area contributed by atoms with Crippen LogP contribution in [-0.4, -0.2) is 40.3 Å². The Morgan fingerprint density at radius 2 is 1.86 bits per heavy atom. The first-order valence-corrected chi connectivity index (χ1v) is 11.6. The van der Waals surface area contributed by atoms with E-state index in [2.05, 4.69) is 28.2 Å². The summed E-state index contributed by atoms with van der Waals surface area (Å²) in [6.45, 7) is 1.07. The van der Waals surface area contributed by atoms with Crippen LogP contribution >= 0.6 is 11.3 Å². The van der Waals surface area contributed by atoms with Gasteiger partial charge in [-0.05, 0) is 54.7 Å². The van der Waals surface area contributed by atoms with Gasteiger partial charge in [-0.15, -0.1) is 11.3 Å². The lowest BCUT2D eigenvalue weighted by Gasteiger charge is -2.31. The number of imidazole rings is 1. The van der Waals surface area contributed by atoms with Crippen LogP contribution in [0.25, 0.3) is 21.3 Å². The Hall–Kier alpha value is -2.29. The Kier molecular flexibility index (Phi) is 4.22. The SMILES string of the molecule is Cn1cnc2cc(C3CCN(S(=O)(=O)c4ccc5ncsc5c4)CC3)ccc21. The van der Waals surface area contributed by atoms with Crippen molar-refractivity contribution in [3.63, 3.8) is 0 Å². The summed E-state index contributed by atoms with van der Waals surface area (Å²) in [6.07, 6.45) is 3.46. The van der Waals surface area contributed by atoms with E-state index in [1.54, 1.807) is 28.0 Å². The molecule has 1 aliphatic heterocycles. The molecular formula is C20H20N4O2S2. The van der Waals surface area contributed by atoms with Crippen LogP contribution in [-0.2, 0) is 17.1 Å². The molecule has 1 fully saturated rings. The summed E-state index contributed by atoms with van der Waals surface area (Å²) < 4.78 is 30.7. The Bertz CT molecular complexity index is 1270. The Morgan fingerprint density at radius 3 is 2.68 bits per heavy atom. The van der Waals surface area contributed by atoms with Crippen molar-refractivity contribution in [2.24, 2.45) is 7.05 Å². The highest BCUT2D eigenvalue weighted by atomic mass is 32.2. The first kappa shape index (κ1) is 17.8. The first-order valence-electron chi connectivity index (χ1n) is 9.27. The fraction of sp³-hybridized carbons (Fsp3) is 0.300. The number of aryl methyl sites for hydroxylation is 1. The van der Waals surface area contributed by atoms with Gasteiger partial charge >= 0.3 is 0 Å². The highest BCUT2D eigenvalue weighted by molar-refractivity contribution is 7.89. The van der Waals surface area contributed by atoms with E-state index in [-0.39, 0.29) is 0 Å². The maximum absolute atomic E-state index is 13.1. The van der Waals surface area contributed by atoms with Gasteiger partial charge in [-0.3, -0.25) is 0 Å². The maximum atomic E-state index is 13.1. The molecule has 0 atom stereocenters. The van der Waals surface area contributed by atoms with Crippen LogP contribution in [0.4, 0.5) is 0 Å². The third kappa shape index (κ3) is 2.92. The molecule has 144 valence electrons.